The van der Waals surface area contributed by atoms with Crippen molar-refractivity contribution >= 4 is 34.2 Å². The van der Waals surface area contributed by atoms with Crippen molar-refractivity contribution in [2.45, 2.75) is 3.42 Å². The van der Waals surface area contributed by atoms with Gasteiger partial charge >= 0.3 is 0 Å². The first-order valence-electron chi connectivity index (χ1n) is 5.67. The van der Waals surface area contributed by atoms with Gasteiger partial charge in [-0.3, -0.25) is 0 Å². The highest BCUT2D eigenvalue weighted by Gasteiger charge is 2.28. The van der Waals surface area contributed by atoms with Gasteiger partial charge in [-0.1, -0.05) is 64.4 Å². The molecule has 2 aromatic carbocycles. The van der Waals surface area contributed by atoms with Gasteiger partial charge in [0.25, 0.3) is 0 Å². The number of halogens is 2. The third-order valence-corrected chi connectivity index (χ3v) is 4.74. The van der Waals surface area contributed by atoms with Gasteiger partial charge in [-0.2, -0.15) is 0 Å². The Bertz CT molecular complexity index is 598. The number of hydrogen-bond donors (Lipinski definition) is 0. The van der Waals surface area contributed by atoms with E-state index in [0.29, 0.717) is 5.02 Å². The molecule has 0 amide bonds. The van der Waals surface area contributed by atoms with Crippen LogP contribution in [0.25, 0.3) is 0 Å². The zero-order chi connectivity index (χ0) is 13.9. The number of hydrogen-bond acceptors (Lipinski definition) is 1. The molecule has 0 aliphatic rings. The minimum Gasteiger partial charge on any atom is -0.497 e. The van der Waals surface area contributed by atoms with Crippen LogP contribution >= 0.6 is 34.2 Å². The number of benzene rings is 2. The average Bonchev–Trinajstić information content (AvgIpc) is 2.47. The number of methoxy groups -OCH3 is 1. The predicted molar refractivity (Wildman–Crippen MR) is 88.1 cm³/mol. The first kappa shape index (κ1) is 14.2. The van der Waals surface area contributed by atoms with E-state index >= 15 is 0 Å². The summed E-state index contributed by atoms with van der Waals surface area (Å²) in [6, 6.07) is 15.4. The molecule has 0 radical (unpaired) electrons. The Balaban J connectivity index is 2.47. The molecule has 1 atom stereocenters. The van der Waals surface area contributed by atoms with Crippen molar-refractivity contribution in [3.05, 3.63) is 64.7 Å². The molecule has 0 aromatic heterocycles. The fourth-order valence-electron chi connectivity index (χ4n) is 1.83. The number of rotatable bonds is 3. The lowest BCUT2D eigenvalue weighted by molar-refractivity contribution is 0.414. The summed E-state index contributed by atoms with van der Waals surface area (Å²) in [5, 5.41) is 0.703. The molecule has 0 heterocycles. The number of alkyl halides is 1. The first-order chi connectivity index (χ1) is 9.10. The van der Waals surface area contributed by atoms with Crippen LogP contribution in [0.15, 0.2) is 48.5 Å². The third-order valence-electron chi connectivity index (χ3n) is 2.93. The van der Waals surface area contributed by atoms with Crippen molar-refractivity contribution in [2.75, 3.05) is 7.11 Å². The minimum atomic E-state index is -0.505. The summed E-state index contributed by atoms with van der Waals surface area (Å²) in [5.74, 6) is 3.69. The van der Waals surface area contributed by atoms with Crippen LogP contribution < -0.4 is 4.74 Å². The second-order valence-electron chi connectivity index (χ2n) is 4.04. The normalized spacial score (nSPS) is 13.4. The van der Waals surface area contributed by atoms with E-state index in [0.717, 1.165) is 16.9 Å². The van der Waals surface area contributed by atoms with Gasteiger partial charge < -0.3 is 4.74 Å². The highest BCUT2D eigenvalue weighted by atomic mass is 127. The highest BCUT2D eigenvalue weighted by molar-refractivity contribution is 14.1. The van der Waals surface area contributed by atoms with Gasteiger partial charge in [0, 0.05) is 5.02 Å². The highest BCUT2D eigenvalue weighted by Crippen LogP contribution is 2.39. The van der Waals surface area contributed by atoms with Crippen LogP contribution in [-0.4, -0.2) is 7.11 Å². The lowest BCUT2D eigenvalue weighted by Gasteiger charge is -2.23. The van der Waals surface area contributed by atoms with E-state index in [4.69, 9.17) is 22.8 Å². The Morgan fingerprint density at radius 1 is 1.05 bits per heavy atom. The molecule has 0 spiro atoms. The molecule has 0 saturated carbocycles. The molecule has 0 aliphatic carbocycles. The van der Waals surface area contributed by atoms with E-state index in [1.54, 1.807) is 7.11 Å². The molecule has 2 rings (SSSR count). The number of ether oxygens (including phenoxy) is 1. The summed E-state index contributed by atoms with van der Waals surface area (Å²) in [5.41, 5.74) is 2.07. The molecule has 1 unspecified atom stereocenters. The van der Waals surface area contributed by atoms with Crippen molar-refractivity contribution in [1.29, 1.82) is 0 Å². The van der Waals surface area contributed by atoms with Gasteiger partial charge in [0.1, 0.15) is 9.17 Å². The zero-order valence-electron chi connectivity index (χ0n) is 10.4. The Labute approximate surface area is 132 Å². The van der Waals surface area contributed by atoms with Crippen LogP contribution in [0.5, 0.6) is 5.75 Å². The van der Waals surface area contributed by atoms with E-state index in [2.05, 4.69) is 28.5 Å². The van der Waals surface area contributed by atoms with Crippen molar-refractivity contribution < 1.29 is 4.74 Å². The molecule has 2 aromatic rings. The Morgan fingerprint density at radius 3 is 1.95 bits per heavy atom. The maximum Gasteiger partial charge on any atom is 0.132 e. The molecular formula is C16H12ClIO. The van der Waals surface area contributed by atoms with Crippen molar-refractivity contribution in [2.24, 2.45) is 0 Å². The van der Waals surface area contributed by atoms with E-state index in [1.165, 1.54) is 0 Å². The van der Waals surface area contributed by atoms with Gasteiger partial charge in [0.05, 0.1) is 7.11 Å². The lowest BCUT2D eigenvalue weighted by Crippen LogP contribution is -2.16. The molecule has 0 saturated heterocycles. The quantitative estimate of drug-likeness (QED) is 0.426. The molecule has 19 heavy (non-hydrogen) atoms. The molecule has 0 aliphatic heterocycles. The van der Waals surface area contributed by atoms with Crippen LogP contribution in [-0.2, 0) is 3.42 Å². The van der Waals surface area contributed by atoms with Crippen LogP contribution in [0.2, 0.25) is 5.02 Å². The smallest absolute Gasteiger partial charge is 0.132 e. The molecule has 1 nitrogen and oxygen atoms in total. The van der Waals surface area contributed by atoms with Crippen LogP contribution in [0.4, 0.5) is 0 Å². The van der Waals surface area contributed by atoms with Crippen LogP contribution in [0, 0.1) is 12.3 Å². The summed E-state index contributed by atoms with van der Waals surface area (Å²) >= 11 is 8.21. The minimum absolute atomic E-state index is 0.505. The third kappa shape index (κ3) is 2.88. The monoisotopic (exact) mass is 382 g/mol. The standard InChI is InChI=1S/C16H12ClIO/c1-3-16(18,12-4-8-14(17)9-5-12)13-6-10-15(19-2)11-7-13/h1,4-11H,2H3. The zero-order valence-corrected chi connectivity index (χ0v) is 13.3. The SMILES string of the molecule is C#CC(I)(c1ccc(Cl)cc1)c1ccc(OC)cc1. The van der Waals surface area contributed by atoms with Crippen LogP contribution in [0.3, 0.4) is 0 Å². The fourth-order valence-corrected chi connectivity index (χ4v) is 2.68. The average molecular weight is 383 g/mol. The first-order valence-corrected chi connectivity index (χ1v) is 7.13. The Kier molecular flexibility index (Phi) is 4.38. The summed E-state index contributed by atoms with van der Waals surface area (Å²) in [7, 11) is 1.65. The maximum atomic E-state index is 5.92. The largest absolute Gasteiger partial charge is 0.497 e. The molecule has 0 fully saturated rings. The summed E-state index contributed by atoms with van der Waals surface area (Å²) in [6.45, 7) is 0. The maximum absolute atomic E-state index is 5.92. The molecular weight excluding hydrogens is 371 g/mol. The molecule has 96 valence electrons. The second-order valence-corrected chi connectivity index (χ2v) is 6.09. The topological polar surface area (TPSA) is 9.23 Å². The molecule has 3 heteroatoms. The second kappa shape index (κ2) is 5.85. The number of terminal acetylenes is 1. The lowest BCUT2D eigenvalue weighted by atomic mass is 9.92. The van der Waals surface area contributed by atoms with E-state index in [9.17, 15) is 0 Å². The van der Waals surface area contributed by atoms with Gasteiger partial charge in [-0.15, -0.1) is 6.42 Å². The predicted octanol–water partition coefficient (Wildman–Crippen LogP) is 4.66. The van der Waals surface area contributed by atoms with E-state index < -0.39 is 3.42 Å². The van der Waals surface area contributed by atoms with Gasteiger partial charge in [0.2, 0.25) is 0 Å². The van der Waals surface area contributed by atoms with Crippen molar-refractivity contribution in [1.82, 2.24) is 0 Å². The summed E-state index contributed by atoms with van der Waals surface area (Å²) < 4.78 is 4.66. The van der Waals surface area contributed by atoms with Gasteiger partial charge in [-0.05, 0) is 35.4 Å². The Hall–Kier alpha value is -1.18. The van der Waals surface area contributed by atoms with Gasteiger partial charge in [-0.25, -0.2) is 0 Å². The van der Waals surface area contributed by atoms with Crippen LogP contribution in [0.1, 0.15) is 11.1 Å². The molecule has 0 N–H and O–H groups in total. The summed E-state index contributed by atoms with van der Waals surface area (Å²) in [4.78, 5) is 0. The van der Waals surface area contributed by atoms with E-state index in [-0.39, 0.29) is 0 Å². The van der Waals surface area contributed by atoms with E-state index in [1.807, 2.05) is 48.5 Å². The van der Waals surface area contributed by atoms with Crippen molar-refractivity contribution in [3.63, 3.8) is 0 Å². The fraction of sp³-hybridized carbons (Fsp3) is 0.125. The summed E-state index contributed by atoms with van der Waals surface area (Å²) in [6.07, 6.45) is 5.76. The van der Waals surface area contributed by atoms with Crippen molar-refractivity contribution in [3.8, 4) is 18.1 Å². The molecule has 0 bridgehead atoms. The van der Waals surface area contributed by atoms with Gasteiger partial charge in [0.15, 0.2) is 0 Å². The Morgan fingerprint density at radius 2 is 1.53 bits per heavy atom.